The molecule has 2 N–H and O–H groups in total. The lowest BCUT2D eigenvalue weighted by Crippen LogP contribution is -2.26. The van der Waals surface area contributed by atoms with E-state index in [2.05, 4.69) is 27.6 Å². The molecule has 0 saturated carbocycles. The zero-order valence-electron chi connectivity index (χ0n) is 8.54. The Labute approximate surface area is 83.2 Å². The first-order valence-corrected chi connectivity index (χ1v) is 4.87. The largest absolute Gasteiger partial charge is 0.354 e. The lowest BCUT2D eigenvalue weighted by molar-refractivity contribution is 0.746. The molecule has 5 nitrogen and oxygen atoms in total. The smallest absolute Gasteiger partial charge is 0.196 e. The Hall–Kier alpha value is -1.52. The Morgan fingerprint density at radius 1 is 1.64 bits per heavy atom. The number of hydrogen-bond donors (Lipinski definition) is 2. The van der Waals surface area contributed by atoms with E-state index in [0.29, 0.717) is 0 Å². The summed E-state index contributed by atoms with van der Waals surface area (Å²) in [5, 5.41) is 10.7. The van der Waals surface area contributed by atoms with Gasteiger partial charge in [0, 0.05) is 19.8 Å². The van der Waals surface area contributed by atoms with Crippen LogP contribution in [0.5, 0.6) is 0 Å². The molecule has 0 fully saturated rings. The summed E-state index contributed by atoms with van der Waals surface area (Å²) in [6.45, 7) is 3.87. The van der Waals surface area contributed by atoms with Crippen LogP contribution in [-0.2, 0) is 13.5 Å². The number of anilines is 1. The van der Waals surface area contributed by atoms with E-state index >= 15 is 0 Å². The second-order valence-electron chi connectivity index (χ2n) is 3.30. The first-order chi connectivity index (χ1) is 6.79. The fourth-order valence-electron chi connectivity index (χ4n) is 1.51. The number of guanidine groups is 1. The van der Waals surface area contributed by atoms with Crippen LogP contribution in [0.25, 0.3) is 0 Å². The molecule has 0 amide bonds. The van der Waals surface area contributed by atoms with Crippen LogP contribution < -0.4 is 10.6 Å². The highest BCUT2D eigenvalue weighted by atomic mass is 15.3. The summed E-state index contributed by atoms with van der Waals surface area (Å²) >= 11 is 0. The van der Waals surface area contributed by atoms with Crippen molar-refractivity contribution < 1.29 is 0 Å². The normalized spacial score (nSPS) is 15.1. The molecular weight excluding hydrogens is 178 g/mol. The van der Waals surface area contributed by atoms with Gasteiger partial charge in [0.1, 0.15) is 0 Å². The molecule has 2 heterocycles. The van der Waals surface area contributed by atoms with Crippen molar-refractivity contribution in [2.75, 3.05) is 18.4 Å². The van der Waals surface area contributed by atoms with Crippen LogP contribution in [0.15, 0.2) is 11.2 Å². The van der Waals surface area contributed by atoms with E-state index < -0.39 is 0 Å². The number of aryl methyl sites for hydroxylation is 2. The molecule has 1 aliphatic heterocycles. The van der Waals surface area contributed by atoms with E-state index in [-0.39, 0.29) is 0 Å². The molecule has 0 bridgehead atoms. The molecule has 0 saturated heterocycles. The lowest BCUT2D eigenvalue weighted by Gasteiger charge is -2.04. The van der Waals surface area contributed by atoms with Crippen molar-refractivity contribution in [2.24, 2.45) is 12.0 Å². The van der Waals surface area contributed by atoms with Gasteiger partial charge in [-0.2, -0.15) is 5.10 Å². The average Bonchev–Trinajstić information content (AvgIpc) is 2.76. The Morgan fingerprint density at radius 2 is 2.50 bits per heavy atom. The minimum absolute atomic E-state index is 0.851. The number of nitrogens with zero attached hydrogens (tertiary/aromatic N) is 3. The highest BCUT2D eigenvalue weighted by molar-refractivity contribution is 5.94. The monoisotopic (exact) mass is 193 g/mol. The zero-order chi connectivity index (χ0) is 9.97. The second kappa shape index (κ2) is 3.69. The third-order valence-corrected chi connectivity index (χ3v) is 2.17. The molecule has 0 aliphatic carbocycles. The minimum Gasteiger partial charge on any atom is -0.354 e. The lowest BCUT2D eigenvalue weighted by atomic mass is 10.3. The van der Waals surface area contributed by atoms with E-state index in [1.165, 1.54) is 0 Å². The molecule has 1 aliphatic rings. The molecule has 0 spiro atoms. The minimum atomic E-state index is 0.851. The summed E-state index contributed by atoms with van der Waals surface area (Å²) in [7, 11) is 1.92. The summed E-state index contributed by atoms with van der Waals surface area (Å²) in [5.41, 5.74) is 2.12. The van der Waals surface area contributed by atoms with E-state index in [1.807, 2.05) is 17.9 Å². The molecular formula is C9H15N5. The summed E-state index contributed by atoms with van der Waals surface area (Å²) in [6, 6.07) is 0. The molecule has 1 aromatic heterocycles. The van der Waals surface area contributed by atoms with Crippen LogP contribution >= 0.6 is 0 Å². The van der Waals surface area contributed by atoms with Crippen molar-refractivity contribution in [3.63, 3.8) is 0 Å². The van der Waals surface area contributed by atoms with Crippen molar-refractivity contribution in [3.05, 3.63) is 11.9 Å². The van der Waals surface area contributed by atoms with Crippen LogP contribution in [0.1, 0.15) is 12.6 Å². The molecule has 0 radical (unpaired) electrons. The van der Waals surface area contributed by atoms with Crippen LogP contribution in [0.3, 0.4) is 0 Å². The van der Waals surface area contributed by atoms with Crippen molar-refractivity contribution in [2.45, 2.75) is 13.3 Å². The number of aliphatic imine (C=N–C) groups is 1. The molecule has 14 heavy (non-hydrogen) atoms. The van der Waals surface area contributed by atoms with Gasteiger partial charge < -0.3 is 10.6 Å². The molecule has 1 aromatic rings. The molecule has 5 heteroatoms. The number of hydrogen-bond acceptors (Lipinski definition) is 4. The van der Waals surface area contributed by atoms with Crippen molar-refractivity contribution in [1.82, 2.24) is 15.1 Å². The third kappa shape index (κ3) is 1.71. The number of rotatable bonds is 2. The Bertz CT molecular complexity index is 352. The molecule has 0 aromatic carbocycles. The van der Waals surface area contributed by atoms with Crippen LogP contribution in [0.4, 0.5) is 5.69 Å². The van der Waals surface area contributed by atoms with Crippen molar-refractivity contribution >= 4 is 11.6 Å². The highest BCUT2D eigenvalue weighted by Gasteiger charge is 2.09. The van der Waals surface area contributed by atoms with E-state index in [0.717, 1.165) is 36.9 Å². The van der Waals surface area contributed by atoms with Gasteiger partial charge in [-0.1, -0.05) is 6.92 Å². The van der Waals surface area contributed by atoms with Gasteiger partial charge in [-0.25, -0.2) is 0 Å². The predicted octanol–water partition coefficient (Wildman–Crippen LogP) is 0.354. The van der Waals surface area contributed by atoms with Crippen LogP contribution in [0.2, 0.25) is 0 Å². The van der Waals surface area contributed by atoms with Gasteiger partial charge in [-0.05, 0) is 6.42 Å². The average molecular weight is 193 g/mol. The molecule has 2 rings (SSSR count). The van der Waals surface area contributed by atoms with Crippen LogP contribution in [0, 0.1) is 0 Å². The number of nitrogens with one attached hydrogen (secondary N) is 2. The quantitative estimate of drug-likeness (QED) is 0.712. The maximum Gasteiger partial charge on any atom is 0.196 e. The van der Waals surface area contributed by atoms with Gasteiger partial charge in [0.15, 0.2) is 5.96 Å². The van der Waals surface area contributed by atoms with Crippen LogP contribution in [-0.4, -0.2) is 28.8 Å². The molecule has 76 valence electrons. The highest BCUT2D eigenvalue weighted by Crippen LogP contribution is 2.13. The van der Waals surface area contributed by atoms with Gasteiger partial charge in [0.2, 0.25) is 0 Å². The standard InChI is InChI=1S/C9H15N5/c1-3-7-8(6-14(2)13-7)12-9-10-4-5-11-9/h6H,3-5H2,1-2H3,(H2,10,11,12). The Morgan fingerprint density at radius 3 is 3.14 bits per heavy atom. The summed E-state index contributed by atoms with van der Waals surface area (Å²) in [5.74, 6) is 0.854. The van der Waals surface area contributed by atoms with E-state index in [4.69, 9.17) is 0 Å². The number of aromatic nitrogens is 2. The van der Waals surface area contributed by atoms with E-state index in [1.54, 1.807) is 0 Å². The maximum atomic E-state index is 4.34. The van der Waals surface area contributed by atoms with Crippen molar-refractivity contribution in [3.8, 4) is 0 Å². The molecule has 0 atom stereocenters. The van der Waals surface area contributed by atoms with Gasteiger partial charge in [0.05, 0.1) is 17.9 Å². The van der Waals surface area contributed by atoms with Gasteiger partial charge in [-0.3, -0.25) is 9.67 Å². The van der Waals surface area contributed by atoms with Gasteiger partial charge in [-0.15, -0.1) is 0 Å². The van der Waals surface area contributed by atoms with Crippen molar-refractivity contribution in [1.29, 1.82) is 0 Å². The van der Waals surface area contributed by atoms with E-state index in [9.17, 15) is 0 Å². The fourth-order valence-corrected chi connectivity index (χ4v) is 1.51. The van der Waals surface area contributed by atoms with Gasteiger partial charge >= 0.3 is 0 Å². The zero-order valence-corrected chi connectivity index (χ0v) is 8.54. The summed E-state index contributed by atoms with van der Waals surface area (Å²) in [6.07, 6.45) is 2.90. The molecule has 0 unspecified atom stereocenters. The topological polar surface area (TPSA) is 54.2 Å². The SMILES string of the molecule is CCc1nn(C)cc1NC1=NCCN1. The first kappa shape index (κ1) is 9.05. The predicted molar refractivity (Wildman–Crippen MR) is 56.5 cm³/mol. The Kier molecular flexibility index (Phi) is 2.39. The third-order valence-electron chi connectivity index (χ3n) is 2.17. The summed E-state index contributed by atoms with van der Waals surface area (Å²) in [4.78, 5) is 4.27. The fraction of sp³-hybridized carbons (Fsp3) is 0.556. The van der Waals surface area contributed by atoms with Gasteiger partial charge in [0.25, 0.3) is 0 Å². The maximum absolute atomic E-state index is 4.34. The summed E-state index contributed by atoms with van der Waals surface area (Å²) < 4.78 is 1.82. The Balaban J connectivity index is 2.14. The first-order valence-electron chi connectivity index (χ1n) is 4.87. The second-order valence-corrected chi connectivity index (χ2v) is 3.30.